The van der Waals surface area contributed by atoms with Crippen LogP contribution in [0.1, 0.15) is 11.1 Å². The fourth-order valence-electron chi connectivity index (χ4n) is 2.53. The number of ether oxygens (including phenoxy) is 1. The minimum atomic E-state index is -0.447. The van der Waals surface area contributed by atoms with E-state index in [1.807, 2.05) is 72.8 Å². The molecule has 0 aliphatic carbocycles. The van der Waals surface area contributed by atoms with E-state index in [-0.39, 0.29) is 5.57 Å². The molecule has 29 heavy (non-hydrogen) atoms. The van der Waals surface area contributed by atoms with E-state index >= 15 is 0 Å². The van der Waals surface area contributed by atoms with Crippen molar-refractivity contribution in [2.75, 3.05) is 5.32 Å². The zero-order valence-corrected chi connectivity index (χ0v) is 19.0. The lowest BCUT2D eigenvalue weighted by atomic mass is 10.1. The number of anilines is 1. The molecule has 0 bridgehead atoms. The minimum Gasteiger partial charge on any atom is -0.488 e. The number of carbonyl (C=O) groups excluding carboxylic acids is 1. The summed E-state index contributed by atoms with van der Waals surface area (Å²) in [7, 11) is 0. The van der Waals surface area contributed by atoms with Gasteiger partial charge >= 0.3 is 0 Å². The van der Waals surface area contributed by atoms with Crippen LogP contribution in [0.3, 0.4) is 0 Å². The number of rotatable bonds is 6. The van der Waals surface area contributed by atoms with Crippen LogP contribution < -0.4 is 10.1 Å². The summed E-state index contributed by atoms with van der Waals surface area (Å²) in [5, 5.41) is 12.2. The summed E-state index contributed by atoms with van der Waals surface area (Å²) in [6, 6.07) is 24.7. The van der Waals surface area contributed by atoms with Gasteiger partial charge in [-0.25, -0.2) is 0 Å². The second-order valence-corrected chi connectivity index (χ2v) is 8.08. The van der Waals surface area contributed by atoms with Gasteiger partial charge in [0.1, 0.15) is 24.0 Å². The molecule has 0 spiro atoms. The summed E-state index contributed by atoms with van der Waals surface area (Å²) in [5.41, 5.74) is 2.49. The second-order valence-electron chi connectivity index (χ2n) is 6.07. The van der Waals surface area contributed by atoms with E-state index < -0.39 is 5.91 Å². The van der Waals surface area contributed by atoms with Crippen LogP contribution in [0.15, 0.2) is 82.8 Å². The first kappa shape index (κ1) is 21.1. The molecule has 1 N–H and O–H groups in total. The van der Waals surface area contributed by atoms with Crippen molar-refractivity contribution in [3.8, 4) is 11.8 Å². The van der Waals surface area contributed by atoms with Crippen molar-refractivity contribution in [3.63, 3.8) is 0 Å². The van der Waals surface area contributed by atoms with Crippen molar-refractivity contribution < 1.29 is 9.53 Å². The number of nitrogens with zero attached hydrogens (tertiary/aromatic N) is 1. The minimum absolute atomic E-state index is 0.0227. The van der Waals surface area contributed by atoms with Gasteiger partial charge in [0.15, 0.2) is 0 Å². The highest BCUT2D eigenvalue weighted by Gasteiger charge is 2.12. The number of para-hydroxylation sites is 1. The normalized spacial score (nSPS) is 10.9. The van der Waals surface area contributed by atoms with E-state index in [0.717, 1.165) is 19.2 Å². The number of hydrogen-bond acceptors (Lipinski definition) is 3. The molecular weight excluding hydrogens is 543 g/mol. The molecule has 1 amide bonds. The zero-order chi connectivity index (χ0) is 20.6. The molecule has 0 radical (unpaired) electrons. The van der Waals surface area contributed by atoms with E-state index in [9.17, 15) is 10.1 Å². The summed E-state index contributed by atoms with van der Waals surface area (Å²) in [5.74, 6) is 0.241. The molecular formula is C23H16BrIN2O2. The largest absolute Gasteiger partial charge is 0.488 e. The quantitative estimate of drug-likeness (QED) is 0.223. The van der Waals surface area contributed by atoms with Crippen molar-refractivity contribution in [2.45, 2.75) is 6.61 Å². The third-order valence-electron chi connectivity index (χ3n) is 3.99. The van der Waals surface area contributed by atoms with E-state index in [1.165, 1.54) is 0 Å². The standard InChI is InChI=1S/C23H16BrIN2O2/c24-19-13-17(10-11-22(19)29-15-16-6-2-1-3-7-16)12-18(14-26)23(28)27-21-9-5-4-8-20(21)25/h1-13H,15H2,(H,27,28)/b18-12-. The van der Waals surface area contributed by atoms with Gasteiger partial charge in [0.05, 0.1) is 10.2 Å². The number of benzene rings is 3. The van der Waals surface area contributed by atoms with Crippen LogP contribution >= 0.6 is 38.5 Å². The summed E-state index contributed by atoms with van der Waals surface area (Å²) >= 11 is 5.63. The number of halogens is 2. The molecule has 0 fully saturated rings. The summed E-state index contributed by atoms with van der Waals surface area (Å²) < 4.78 is 7.49. The highest BCUT2D eigenvalue weighted by Crippen LogP contribution is 2.28. The van der Waals surface area contributed by atoms with Gasteiger partial charge in [-0.05, 0) is 80.0 Å². The van der Waals surface area contributed by atoms with Crippen molar-refractivity contribution in [1.82, 2.24) is 0 Å². The average molecular weight is 559 g/mol. The lowest BCUT2D eigenvalue weighted by molar-refractivity contribution is -0.112. The van der Waals surface area contributed by atoms with Gasteiger partial charge in [0.2, 0.25) is 0 Å². The molecule has 0 saturated heterocycles. The molecule has 3 aromatic rings. The lowest BCUT2D eigenvalue weighted by Gasteiger charge is -2.09. The fraction of sp³-hybridized carbons (Fsp3) is 0.0435. The van der Waals surface area contributed by atoms with Crippen molar-refractivity contribution in [2.24, 2.45) is 0 Å². The Labute approximate surface area is 191 Å². The van der Waals surface area contributed by atoms with Crippen molar-refractivity contribution in [3.05, 3.63) is 97.5 Å². The van der Waals surface area contributed by atoms with Gasteiger partial charge in [-0.15, -0.1) is 0 Å². The van der Waals surface area contributed by atoms with Gasteiger partial charge in [-0.3, -0.25) is 4.79 Å². The van der Waals surface area contributed by atoms with Gasteiger partial charge in [0, 0.05) is 3.57 Å². The monoisotopic (exact) mass is 558 g/mol. The molecule has 3 rings (SSSR count). The van der Waals surface area contributed by atoms with Crippen LogP contribution in [0.4, 0.5) is 5.69 Å². The Bertz CT molecular complexity index is 1090. The Morgan fingerprint density at radius 3 is 2.52 bits per heavy atom. The molecule has 0 saturated carbocycles. The highest BCUT2D eigenvalue weighted by atomic mass is 127. The van der Waals surface area contributed by atoms with E-state index in [4.69, 9.17) is 4.74 Å². The van der Waals surface area contributed by atoms with Crippen LogP contribution in [0, 0.1) is 14.9 Å². The first-order valence-electron chi connectivity index (χ1n) is 8.71. The summed E-state index contributed by atoms with van der Waals surface area (Å²) in [6.07, 6.45) is 1.55. The molecule has 144 valence electrons. The lowest BCUT2D eigenvalue weighted by Crippen LogP contribution is -2.14. The van der Waals surface area contributed by atoms with E-state index in [1.54, 1.807) is 12.1 Å². The van der Waals surface area contributed by atoms with Gasteiger partial charge < -0.3 is 10.1 Å². The zero-order valence-electron chi connectivity index (χ0n) is 15.2. The first-order valence-corrected chi connectivity index (χ1v) is 10.6. The molecule has 0 atom stereocenters. The van der Waals surface area contributed by atoms with Crippen LogP contribution in [0.5, 0.6) is 5.75 Å². The number of hydrogen-bond donors (Lipinski definition) is 1. The van der Waals surface area contributed by atoms with Crippen molar-refractivity contribution >= 4 is 56.2 Å². The van der Waals surface area contributed by atoms with Crippen LogP contribution in [0.2, 0.25) is 0 Å². The SMILES string of the molecule is N#C/C(=C/c1ccc(OCc2ccccc2)c(Br)c1)C(=O)Nc1ccccc1I. The molecule has 0 aliphatic heterocycles. The average Bonchev–Trinajstić information content (AvgIpc) is 2.73. The number of amides is 1. The smallest absolute Gasteiger partial charge is 0.266 e. The maximum absolute atomic E-state index is 12.5. The topological polar surface area (TPSA) is 62.1 Å². The Morgan fingerprint density at radius 2 is 1.83 bits per heavy atom. The predicted molar refractivity (Wildman–Crippen MR) is 126 cm³/mol. The summed E-state index contributed by atoms with van der Waals surface area (Å²) in [4.78, 5) is 12.5. The van der Waals surface area contributed by atoms with E-state index in [2.05, 4.69) is 43.8 Å². The van der Waals surface area contributed by atoms with E-state index in [0.29, 0.717) is 18.0 Å². The Kier molecular flexibility index (Phi) is 7.44. The maximum atomic E-state index is 12.5. The molecule has 6 heteroatoms. The third-order valence-corrected chi connectivity index (χ3v) is 5.55. The first-order chi connectivity index (χ1) is 14.1. The van der Waals surface area contributed by atoms with Crippen LogP contribution in [0.25, 0.3) is 6.08 Å². The van der Waals surface area contributed by atoms with Gasteiger partial charge in [0.25, 0.3) is 5.91 Å². The Morgan fingerprint density at radius 1 is 1.10 bits per heavy atom. The van der Waals surface area contributed by atoms with Gasteiger partial charge in [-0.1, -0.05) is 48.5 Å². The van der Waals surface area contributed by atoms with Crippen LogP contribution in [-0.4, -0.2) is 5.91 Å². The van der Waals surface area contributed by atoms with Crippen LogP contribution in [-0.2, 0) is 11.4 Å². The molecule has 3 aromatic carbocycles. The predicted octanol–water partition coefficient (Wildman–Crippen LogP) is 6.18. The second kappa shape index (κ2) is 10.2. The highest BCUT2D eigenvalue weighted by molar-refractivity contribution is 14.1. The molecule has 0 aromatic heterocycles. The number of nitrogens with one attached hydrogen (secondary N) is 1. The number of nitriles is 1. The molecule has 0 unspecified atom stereocenters. The summed E-state index contributed by atoms with van der Waals surface area (Å²) in [6.45, 7) is 0.455. The maximum Gasteiger partial charge on any atom is 0.266 e. The van der Waals surface area contributed by atoms with Gasteiger partial charge in [-0.2, -0.15) is 5.26 Å². The number of carbonyl (C=O) groups is 1. The third kappa shape index (κ3) is 5.92. The Balaban J connectivity index is 1.72. The molecule has 0 heterocycles. The molecule has 0 aliphatic rings. The molecule has 4 nitrogen and oxygen atoms in total. The van der Waals surface area contributed by atoms with Crippen molar-refractivity contribution in [1.29, 1.82) is 5.26 Å². The Hall–Kier alpha value is -2.63. The fourth-order valence-corrected chi connectivity index (χ4v) is 3.56.